The average Bonchev–Trinajstić information content (AvgIpc) is 3.46. The molecular formula is C31H35F3N4O5. The van der Waals surface area contributed by atoms with Crippen molar-refractivity contribution in [3.63, 3.8) is 0 Å². The molecule has 2 aromatic rings. The third-order valence-electron chi connectivity index (χ3n) is 8.61. The molecule has 2 aliphatic heterocycles. The van der Waals surface area contributed by atoms with Crippen LogP contribution in [0.15, 0.2) is 53.7 Å². The molecule has 2 heterocycles. The number of imide groups is 1. The van der Waals surface area contributed by atoms with Crippen LogP contribution in [-0.2, 0) is 14.3 Å². The summed E-state index contributed by atoms with van der Waals surface area (Å²) in [6.45, 7) is 1.10. The van der Waals surface area contributed by atoms with Crippen LogP contribution in [-0.4, -0.2) is 73.8 Å². The van der Waals surface area contributed by atoms with Crippen molar-refractivity contribution in [2.75, 3.05) is 33.9 Å². The SMILES string of the molecule is COCC1=C(C(=O)OC)C(c2ccc(F)c(F)c2)N(C(=O)NC2CCN(C3CCC(c4ccccc4F)CC3)C2)C(=O)N1. The first-order valence-electron chi connectivity index (χ1n) is 14.4. The molecule has 5 rings (SSSR count). The largest absolute Gasteiger partial charge is 0.466 e. The van der Waals surface area contributed by atoms with Gasteiger partial charge in [0, 0.05) is 32.3 Å². The monoisotopic (exact) mass is 600 g/mol. The molecule has 2 atom stereocenters. The number of likely N-dealkylation sites (tertiary alicyclic amines) is 1. The predicted molar refractivity (Wildman–Crippen MR) is 150 cm³/mol. The van der Waals surface area contributed by atoms with E-state index in [0.717, 1.165) is 61.9 Å². The first-order chi connectivity index (χ1) is 20.7. The molecule has 1 aliphatic carbocycles. The zero-order chi connectivity index (χ0) is 30.7. The second-order valence-corrected chi connectivity index (χ2v) is 11.2. The predicted octanol–water partition coefficient (Wildman–Crippen LogP) is 4.75. The van der Waals surface area contributed by atoms with Gasteiger partial charge < -0.3 is 20.1 Å². The van der Waals surface area contributed by atoms with Crippen molar-refractivity contribution in [2.24, 2.45) is 0 Å². The van der Waals surface area contributed by atoms with Gasteiger partial charge in [0.1, 0.15) is 11.9 Å². The van der Waals surface area contributed by atoms with E-state index in [4.69, 9.17) is 9.47 Å². The molecule has 1 saturated heterocycles. The van der Waals surface area contributed by atoms with Crippen molar-refractivity contribution < 1.29 is 37.0 Å². The summed E-state index contributed by atoms with van der Waals surface area (Å²) in [4.78, 5) is 43.0. The van der Waals surface area contributed by atoms with Gasteiger partial charge in [-0.1, -0.05) is 24.3 Å². The highest BCUT2D eigenvalue weighted by Crippen LogP contribution is 2.38. The molecule has 2 aromatic carbocycles. The van der Waals surface area contributed by atoms with E-state index in [1.165, 1.54) is 19.2 Å². The van der Waals surface area contributed by atoms with Crippen molar-refractivity contribution in [3.8, 4) is 0 Å². The number of nitrogens with one attached hydrogen (secondary N) is 2. The lowest BCUT2D eigenvalue weighted by Crippen LogP contribution is -2.56. The quantitative estimate of drug-likeness (QED) is 0.445. The maximum absolute atomic E-state index is 14.3. The molecule has 2 N–H and O–H groups in total. The normalized spacial score (nSPS) is 24.6. The Morgan fingerprint density at radius 3 is 2.40 bits per heavy atom. The van der Waals surface area contributed by atoms with E-state index in [1.54, 1.807) is 6.07 Å². The van der Waals surface area contributed by atoms with Crippen LogP contribution in [0.5, 0.6) is 0 Å². The number of amides is 4. The highest BCUT2D eigenvalue weighted by atomic mass is 19.2. The number of rotatable bonds is 7. The van der Waals surface area contributed by atoms with Crippen LogP contribution in [0.3, 0.4) is 0 Å². The fraction of sp³-hybridized carbons (Fsp3) is 0.452. The number of carbonyl (C=O) groups excluding carboxylic acids is 3. The second kappa shape index (κ2) is 13.2. The lowest BCUT2D eigenvalue weighted by molar-refractivity contribution is -0.137. The van der Waals surface area contributed by atoms with E-state index in [-0.39, 0.29) is 41.2 Å². The molecular weight excluding hydrogens is 565 g/mol. The van der Waals surface area contributed by atoms with Crippen LogP contribution in [0.2, 0.25) is 0 Å². The summed E-state index contributed by atoms with van der Waals surface area (Å²) >= 11 is 0. The molecule has 4 amide bonds. The summed E-state index contributed by atoms with van der Waals surface area (Å²) in [6, 6.07) is 6.80. The number of urea groups is 2. The van der Waals surface area contributed by atoms with Gasteiger partial charge in [-0.2, -0.15) is 0 Å². The molecule has 230 valence electrons. The third kappa shape index (κ3) is 6.40. The summed E-state index contributed by atoms with van der Waals surface area (Å²) in [5.41, 5.74) is 0.690. The molecule has 3 aliphatic rings. The zero-order valence-electron chi connectivity index (χ0n) is 24.1. The molecule has 43 heavy (non-hydrogen) atoms. The van der Waals surface area contributed by atoms with Gasteiger partial charge in [-0.3, -0.25) is 4.90 Å². The number of ether oxygens (including phenoxy) is 2. The van der Waals surface area contributed by atoms with Crippen molar-refractivity contribution in [2.45, 2.75) is 56.1 Å². The molecule has 0 radical (unpaired) electrons. The van der Waals surface area contributed by atoms with Crippen molar-refractivity contribution in [1.29, 1.82) is 0 Å². The Bertz CT molecular complexity index is 1410. The van der Waals surface area contributed by atoms with Crippen molar-refractivity contribution >= 4 is 18.0 Å². The molecule has 2 unspecified atom stereocenters. The highest BCUT2D eigenvalue weighted by molar-refractivity contribution is 6.01. The summed E-state index contributed by atoms with van der Waals surface area (Å²) in [5.74, 6) is -3.16. The van der Waals surface area contributed by atoms with Gasteiger partial charge in [0.15, 0.2) is 11.6 Å². The summed E-state index contributed by atoms with van der Waals surface area (Å²) in [5, 5.41) is 5.42. The number of hydrogen-bond donors (Lipinski definition) is 2. The average molecular weight is 601 g/mol. The van der Waals surface area contributed by atoms with Gasteiger partial charge in [-0.25, -0.2) is 32.5 Å². The Kier molecular flexibility index (Phi) is 9.36. The molecule has 12 heteroatoms. The number of esters is 1. The van der Waals surface area contributed by atoms with E-state index in [9.17, 15) is 27.6 Å². The third-order valence-corrected chi connectivity index (χ3v) is 8.61. The fourth-order valence-electron chi connectivity index (χ4n) is 6.52. The topological polar surface area (TPSA) is 100 Å². The number of hydrogen-bond acceptors (Lipinski definition) is 6. The van der Waals surface area contributed by atoms with Gasteiger partial charge in [0.05, 0.1) is 25.0 Å². The second-order valence-electron chi connectivity index (χ2n) is 11.2. The summed E-state index contributed by atoms with van der Waals surface area (Å²) in [6.07, 6.45) is 4.19. The van der Waals surface area contributed by atoms with Crippen LogP contribution >= 0.6 is 0 Å². The Hall–Kier alpha value is -3.90. The first kappa shape index (κ1) is 30.6. The molecule has 0 aromatic heterocycles. The van der Waals surface area contributed by atoms with Gasteiger partial charge in [-0.05, 0) is 67.3 Å². The Morgan fingerprint density at radius 1 is 0.977 bits per heavy atom. The van der Waals surface area contributed by atoms with E-state index in [0.29, 0.717) is 19.0 Å². The molecule has 1 saturated carbocycles. The highest BCUT2D eigenvalue weighted by Gasteiger charge is 2.44. The van der Waals surface area contributed by atoms with Crippen molar-refractivity contribution in [1.82, 2.24) is 20.4 Å². The van der Waals surface area contributed by atoms with E-state index < -0.39 is 35.7 Å². The lowest BCUT2D eigenvalue weighted by atomic mass is 9.81. The number of halogens is 3. The van der Waals surface area contributed by atoms with E-state index in [1.807, 2.05) is 12.1 Å². The molecule has 9 nitrogen and oxygen atoms in total. The number of carbonyl (C=O) groups is 3. The van der Waals surface area contributed by atoms with Gasteiger partial charge in [0.2, 0.25) is 0 Å². The van der Waals surface area contributed by atoms with Gasteiger partial charge in [-0.15, -0.1) is 0 Å². The standard InChI is InChI=1S/C31H35F3N4O5/c1-42-17-26-27(29(39)43-2)28(19-9-12-24(33)25(34)15-19)38(31(41)36-26)30(40)35-20-13-14-37(16-20)21-10-7-18(8-11-21)22-5-3-4-6-23(22)32/h3-6,9,12,15,18,20-21,28H,7-8,10-11,13-14,16-17H2,1-2H3,(H,35,40)(H,36,41). The molecule has 0 bridgehead atoms. The Labute approximate surface area is 248 Å². The van der Waals surface area contributed by atoms with Crippen LogP contribution in [0.1, 0.15) is 55.2 Å². The number of methoxy groups -OCH3 is 2. The molecule has 0 spiro atoms. The maximum Gasteiger partial charge on any atom is 0.338 e. The van der Waals surface area contributed by atoms with Gasteiger partial charge in [0.25, 0.3) is 0 Å². The lowest BCUT2D eigenvalue weighted by Gasteiger charge is -2.37. The van der Waals surface area contributed by atoms with Crippen LogP contribution in [0.4, 0.5) is 22.8 Å². The Morgan fingerprint density at radius 2 is 1.72 bits per heavy atom. The first-order valence-corrected chi connectivity index (χ1v) is 14.4. The minimum Gasteiger partial charge on any atom is -0.466 e. The fourth-order valence-corrected chi connectivity index (χ4v) is 6.52. The minimum absolute atomic E-state index is 0.0116. The summed E-state index contributed by atoms with van der Waals surface area (Å²) < 4.78 is 52.5. The number of benzene rings is 2. The smallest absolute Gasteiger partial charge is 0.338 e. The van der Waals surface area contributed by atoms with Crippen molar-refractivity contribution in [3.05, 3.63) is 82.3 Å². The Balaban J connectivity index is 1.31. The minimum atomic E-state index is -1.40. The number of nitrogens with zero attached hydrogens (tertiary/aromatic N) is 2. The van der Waals surface area contributed by atoms with Gasteiger partial charge >= 0.3 is 18.0 Å². The zero-order valence-corrected chi connectivity index (χ0v) is 24.1. The van der Waals surface area contributed by atoms with E-state index in [2.05, 4.69) is 15.5 Å². The maximum atomic E-state index is 14.3. The van der Waals surface area contributed by atoms with Crippen LogP contribution < -0.4 is 10.6 Å². The molecule has 2 fully saturated rings. The van der Waals surface area contributed by atoms with E-state index >= 15 is 0 Å². The van der Waals surface area contributed by atoms with Crippen LogP contribution in [0.25, 0.3) is 0 Å². The summed E-state index contributed by atoms with van der Waals surface area (Å²) in [7, 11) is 2.50. The van der Waals surface area contributed by atoms with Crippen LogP contribution in [0, 0.1) is 17.5 Å².